The maximum Gasteiger partial charge on any atom is 0.414 e. The molecule has 8 atom stereocenters. The molecular weight excluding hydrogens is 465 g/mol. The van der Waals surface area contributed by atoms with Crippen LogP contribution in [0.4, 0.5) is 14.9 Å². The van der Waals surface area contributed by atoms with Gasteiger partial charge in [0.15, 0.2) is 17.5 Å². The maximum atomic E-state index is 14.3. The van der Waals surface area contributed by atoms with E-state index in [0.717, 1.165) is 0 Å². The highest BCUT2D eigenvalue weighted by Gasteiger charge is 2.76. The van der Waals surface area contributed by atoms with E-state index in [0.29, 0.717) is 17.7 Å². The van der Waals surface area contributed by atoms with Crippen LogP contribution in [0.3, 0.4) is 0 Å². The van der Waals surface area contributed by atoms with Crippen LogP contribution in [-0.2, 0) is 9.53 Å². The van der Waals surface area contributed by atoms with E-state index in [1.54, 1.807) is 19.1 Å². The number of ketones is 1. The Labute approximate surface area is 210 Å². The molecular formula is C28H34FNO6. The summed E-state index contributed by atoms with van der Waals surface area (Å²) >= 11 is 0. The van der Waals surface area contributed by atoms with Crippen LogP contribution in [0.15, 0.2) is 47.6 Å². The number of anilines is 1. The second-order valence-electron chi connectivity index (χ2n) is 11.7. The summed E-state index contributed by atoms with van der Waals surface area (Å²) in [6.07, 6.45) is 0.229. The van der Waals surface area contributed by atoms with Crippen molar-refractivity contribution >= 4 is 17.6 Å². The number of fused-ring (bicyclic) bond motifs is 3. The van der Waals surface area contributed by atoms with E-state index in [1.165, 1.54) is 36.2 Å². The molecule has 0 radical (unpaired) electrons. The third kappa shape index (κ3) is 3.07. The molecule has 1 aromatic rings. The average molecular weight is 500 g/mol. The van der Waals surface area contributed by atoms with Crippen molar-refractivity contribution in [2.45, 2.75) is 51.9 Å². The normalized spacial score (nSPS) is 40.2. The molecule has 2 saturated carbocycles. The van der Waals surface area contributed by atoms with Crippen molar-refractivity contribution in [1.82, 2.24) is 0 Å². The molecule has 8 heteroatoms. The lowest BCUT2D eigenvalue weighted by Crippen LogP contribution is -2.66. The minimum atomic E-state index is -2.20. The van der Waals surface area contributed by atoms with Crippen LogP contribution in [-0.4, -0.2) is 58.7 Å². The molecule has 2 bridgehead atoms. The minimum Gasteiger partial charge on any atom is -0.438 e. The van der Waals surface area contributed by atoms with Crippen LogP contribution in [0, 0.1) is 40.3 Å². The van der Waals surface area contributed by atoms with Crippen LogP contribution in [0.25, 0.3) is 0 Å². The first-order valence-corrected chi connectivity index (χ1v) is 12.5. The predicted molar refractivity (Wildman–Crippen MR) is 130 cm³/mol. The first-order valence-electron chi connectivity index (χ1n) is 12.5. The van der Waals surface area contributed by atoms with Gasteiger partial charge in [0.05, 0.1) is 12.0 Å². The summed E-state index contributed by atoms with van der Waals surface area (Å²) in [5, 5.41) is 34.1. The first-order chi connectivity index (χ1) is 16.8. The molecule has 0 aliphatic heterocycles. The minimum absolute atomic E-state index is 0.0443. The van der Waals surface area contributed by atoms with E-state index in [4.69, 9.17) is 4.74 Å². The summed E-state index contributed by atoms with van der Waals surface area (Å²) in [5.41, 5.74) is -2.76. The smallest absolute Gasteiger partial charge is 0.414 e. The zero-order valence-corrected chi connectivity index (χ0v) is 21.2. The van der Waals surface area contributed by atoms with Gasteiger partial charge in [0, 0.05) is 18.7 Å². The molecule has 0 saturated heterocycles. The SMILES string of the molecule is CC1=C[C@]23C(=O)[C@@H](C=C(CO)[C@@H](O)[C@]2(O)[C@H]1OC(=O)N(C)c1ccc(F)cc1)[C@H]1[C@@H](C[C@H]3C)C1(C)C. The van der Waals surface area contributed by atoms with Gasteiger partial charge in [0.2, 0.25) is 0 Å². The summed E-state index contributed by atoms with van der Waals surface area (Å²) in [6.45, 7) is 7.31. The van der Waals surface area contributed by atoms with Gasteiger partial charge in [-0.25, -0.2) is 9.18 Å². The van der Waals surface area contributed by atoms with Crippen molar-refractivity contribution in [3.05, 3.63) is 53.4 Å². The Hall–Kier alpha value is -2.55. The number of hydrogen-bond acceptors (Lipinski definition) is 6. The highest BCUT2D eigenvalue weighted by atomic mass is 19.1. The third-order valence-electron chi connectivity index (χ3n) is 9.60. The van der Waals surface area contributed by atoms with Crippen LogP contribution in [0.1, 0.15) is 34.1 Å². The molecule has 2 fully saturated rings. The molecule has 0 unspecified atom stereocenters. The topological polar surface area (TPSA) is 107 Å². The van der Waals surface area contributed by atoms with Gasteiger partial charge in [0.25, 0.3) is 0 Å². The standard InChI is InChI=1S/C28H34FNO6/c1-14-12-27-15(2)10-20-21(26(20,3)4)19(23(27)33)11-16(13-31)22(32)28(27,35)24(14)36-25(34)30(5)18-8-6-17(29)7-9-18/h6-9,11-12,15,19-22,24,31-32,35H,10,13H2,1-5H3/t15-,19+,20-,21+,22-,24+,27+,28+/m1/s1. The Bertz CT molecular complexity index is 1170. The quantitative estimate of drug-likeness (QED) is 0.552. The number of nitrogens with zero attached hydrogens (tertiary/aromatic N) is 1. The van der Waals surface area contributed by atoms with E-state index in [-0.39, 0.29) is 34.5 Å². The number of allylic oxidation sites excluding steroid dienone is 1. The molecule has 1 amide bonds. The maximum absolute atomic E-state index is 14.3. The Balaban J connectivity index is 1.58. The van der Waals surface area contributed by atoms with Crippen LogP contribution < -0.4 is 4.90 Å². The number of hydrogen-bond donors (Lipinski definition) is 3. The molecule has 1 spiro atoms. The van der Waals surface area contributed by atoms with Crippen LogP contribution >= 0.6 is 0 Å². The van der Waals surface area contributed by atoms with Gasteiger partial charge < -0.3 is 20.1 Å². The average Bonchev–Trinajstić information content (AvgIpc) is 3.32. The van der Waals surface area contributed by atoms with Gasteiger partial charge in [-0.1, -0.05) is 32.9 Å². The Morgan fingerprint density at radius 3 is 2.50 bits per heavy atom. The number of aliphatic hydroxyl groups excluding tert-OH is 2. The molecule has 4 aliphatic carbocycles. The van der Waals surface area contributed by atoms with E-state index in [2.05, 4.69) is 13.8 Å². The first kappa shape index (κ1) is 25.1. The Morgan fingerprint density at radius 2 is 1.89 bits per heavy atom. The third-order valence-corrected chi connectivity index (χ3v) is 9.60. The number of amides is 1. The molecule has 4 aliphatic rings. The van der Waals surface area contributed by atoms with E-state index >= 15 is 0 Å². The molecule has 7 nitrogen and oxygen atoms in total. The lowest BCUT2D eigenvalue weighted by Gasteiger charge is -2.48. The molecule has 36 heavy (non-hydrogen) atoms. The van der Waals surface area contributed by atoms with Gasteiger partial charge in [-0.3, -0.25) is 9.69 Å². The van der Waals surface area contributed by atoms with Crippen molar-refractivity contribution in [2.75, 3.05) is 18.6 Å². The lowest BCUT2D eigenvalue weighted by molar-refractivity contribution is -0.189. The summed E-state index contributed by atoms with van der Waals surface area (Å²) in [4.78, 5) is 28.7. The van der Waals surface area contributed by atoms with Crippen molar-refractivity contribution < 1.29 is 34.0 Å². The highest BCUT2D eigenvalue weighted by Crippen LogP contribution is 2.71. The molecule has 0 aromatic heterocycles. The summed E-state index contributed by atoms with van der Waals surface area (Å²) < 4.78 is 19.2. The fourth-order valence-corrected chi connectivity index (χ4v) is 7.54. The fourth-order valence-electron chi connectivity index (χ4n) is 7.54. The van der Waals surface area contributed by atoms with E-state index in [1.807, 2.05) is 6.92 Å². The molecule has 5 rings (SSSR count). The van der Waals surface area contributed by atoms with Crippen molar-refractivity contribution in [1.29, 1.82) is 0 Å². The monoisotopic (exact) mass is 499 g/mol. The number of benzene rings is 1. The highest BCUT2D eigenvalue weighted by molar-refractivity contribution is 5.95. The van der Waals surface area contributed by atoms with Crippen molar-refractivity contribution in [3.8, 4) is 0 Å². The largest absolute Gasteiger partial charge is 0.438 e. The molecule has 0 heterocycles. The second-order valence-corrected chi connectivity index (χ2v) is 11.7. The predicted octanol–water partition coefficient (Wildman–Crippen LogP) is 3.24. The van der Waals surface area contributed by atoms with Crippen LogP contribution in [0.2, 0.25) is 0 Å². The van der Waals surface area contributed by atoms with Crippen molar-refractivity contribution in [3.63, 3.8) is 0 Å². The molecule has 194 valence electrons. The second kappa shape index (κ2) is 7.97. The number of halogens is 1. The van der Waals surface area contributed by atoms with E-state index < -0.39 is 47.7 Å². The van der Waals surface area contributed by atoms with Crippen LogP contribution in [0.5, 0.6) is 0 Å². The van der Waals surface area contributed by atoms with Gasteiger partial charge in [-0.05, 0) is 71.9 Å². The number of ether oxygens (including phenoxy) is 1. The van der Waals surface area contributed by atoms with Gasteiger partial charge >= 0.3 is 6.09 Å². The zero-order chi connectivity index (χ0) is 26.4. The van der Waals surface area contributed by atoms with Gasteiger partial charge in [0.1, 0.15) is 11.9 Å². The summed E-state index contributed by atoms with van der Waals surface area (Å²) in [5.74, 6) is -1.26. The number of rotatable bonds is 3. The zero-order valence-electron chi connectivity index (χ0n) is 21.2. The number of carbonyl (C=O) groups is 2. The summed E-state index contributed by atoms with van der Waals surface area (Å²) in [6, 6.07) is 5.28. The lowest BCUT2D eigenvalue weighted by atomic mass is 9.59. The number of carbonyl (C=O) groups excluding carboxylic acids is 2. The van der Waals surface area contributed by atoms with Crippen molar-refractivity contribution in [2.24, 2.45) is 34.5 Å². The summed E-state index contributed by atoms with van der Waals surface area (Å²) in [7, 11) is 1.46. The van der Waals surface area contributed by atoms with E-state index in [9.17, 15) is 29.3 Å². The Morgan fingerprint density at radius 1 is 1.25 bits per heavy atom. The van der Waals surface area contributed by atoms with Gasteiger partial charge in [-0.2, -0.15) is 0 Å². The molecule has 1 aromatic carbocycles. The van der Waals surface area contributed by atoms with Gasteiger partial charge in [-0.15, -0.1) is 0 Å². The number of aliphatic hydroxyl groups is 3. The number of Topliss-reactive ketones (excluding diaryl/α,β-unsaturated/α-hetero) is 1. The Kier molecular flexibility index (Phi) is 5.56. The fraction of sp³-hybridized carbons (Fsp3) is 0.571. The molecule has 3 N–H and O–H groups in total.